The van der Waals surface area contributed by atoms with Crippen LogP contribution in [0.1, 0.15) is 19.8 Å². The Labute approximate surface area is 68.9 Å². The van der Waals surface area contributed by atoms with Gasteiger partial charge in [0.15, 0.2) is 0 Å². The number of halogens is 2. The fourth-order valence-corrected chi connectivity index (χ4v) is 0.820. The molecule has 0 heterocycles. The van der Waals surface area contributed by atoms with Crippen LogP contribution in [-0.4, -0.2) is 16.5 Å². The van der Waals surface area contributed by atoms with E-state index in [9.17, 15) is 4.79 Å². The monoisotopic (exact) mass is 212 g/mol. The fraction of sp³-hybridized carbons (Fsp3) is 0.833. The van der Waals surface area contributed by atoms with Crippen LogP contribution in [0.3, 0.4) is 0 Å². The first-order chi connectivity index (χ1) is 4.16. The molecule has 9 heavy (non-hydrogen) atoms. The molecule has 0 fully saturated rings. The van der Waals surface area contributed by atoms with Crippen molar-refractivity contribution in [2.45, 2.75) is 24.6 Å². The highest BCUT2D eigenvalue weighted by atomic mass is 79.9. The van der Waals surface area contributed by atoms with Crippen molar-refractivity contribution in [2.75, 3.05) is 5.88 Å². The lowest BCUT2D eigenvalue weighted by atomic mass is 10.2. The second kappa shape index (κ2) is 5.24. The Morgan fingerprint density at radius 2 is 2.33 bits per heavy atom. The summed E-state index contributed by atoms with van der Waals surface area (Å²) < 4.78 is 0. The van der Waals surface area contributed by atoms with Gasteiger partial charge >= 0.3 is 0 Å². The zero-order chi connectivity index (χ0) is 7.28. The van der Waals surface area contributed by atoms with Crippen LogP contribution in [0, 0.1) is 0 Å². The van der Waals surface area contributed by atoms with Crippen molar-refractivity contribution in [3.8, 4) is 0 Å². The van der Waals surface area contributed by atoms with E-state index in [0.29, 0.717) is 17.1 Å². The van der Waals surface area contributed by atoms with Gasteiger partial charge in [-0.1, -0.05) is 15.9 Å². The van der Waals surface area contributed by atoms with E-state index in [1.54, 1.807) is 6.92 Å². The fourth-order valence-electron chi connectivity index (χ4n) is 0.437. The maximum Gasteiger partial charge on any atom is 0.129 e. The number of ketones is 1. The topological polar surface area (TPSA) is 17.1 Å². The van der Waals surface area contributed by atoms with Gasteiger partial charge in [-0.15, -0.1) is 11.6 Å². The summed E-state index contributed by atoms with van der Waals surface area (Å²) in [5, 5.41) is 0. The van der Waals surface area contributed by atoms with E-state index >= 15 is 0 Å². The van der Waals surface area contributed by atoms with E-state index in [1.165, 1.54) is 0 Å². The first-order valence-corrected chi connectivity index (χ1v) is 4.31. The second-order valence-corrected chi connectivity index (χ2v) is 3.60. The molecule has 0 aliphatic rings. The molecule has 0 radical (unpaired) electrons. The molecule has 0 saturated carbocycles. The number of rotatable bonds is 4. The molecule has 1 unspecified atom stereocenters. The maximum atomic E-state index is 10.4. The van der Waals surface area contributed by atoms with Crippen LogP contribution in [-0.2, 0) is 4.79 Å². The zero-order valence-electron chi connectivity index (χ0n) is 5.36. The molecule has 0 saturated heterocycles. The molecule has 0 aliphatic carbocycles. The van der Waals surface area contributed by atoms with Gasteiger partial charge in [0.1, 0.15) is 5.78 Å². The van der Waals surface area contributed by atoms with Crippen molar-refractivity contribution in [2.24, 2.45) is 0 Å². The van der Waals surface area contributed by atoms with Gasteiger partial charge in [0.25, 0.3) is 0 Å². The Bertz CT molecular complexity index is 95.1. The minimum absolute atomic E-state index is 0.226. The normalized spacial score (nSPS) is 13.2. The van der Waals surface area contributed by atoms with Gasteiger partial charge in [-0.3, -0.25) is 0 Å². The van der Waals surface area contributed by atoms with E-state index in [2.05, 4.69) is 15.9 Å². The molecule has 0 bridgehead atoms. The summed E-state index contributed by atoms with van der Waals surface area (Å²) in [5.41, 5.74) is 0. The van der Waals surface area contributed by atoms with Gasteiger partial charge in [0.2, 0.25) is 0 Å². The van der Waals surface area contributed by atoms with E-state index in [0.717, 1.165) is 6.42 Å². The van der Waals surface area contributed by atoms with Crippen LogP contribution in [0.2, 0.25) is 0 Å². The third kappa shape index (κ3) is 6.32. The minimum atomic E-state index is 0.226. The quantitative estimate of drug-likeness (QED) is 0.655. The van der Waals surface area contributed by atoms with Crippen molar-refractivity contribution in [1.29, 1.82) is 0 Å². The average Bonchev–Trinajstić information content (AvgIpc) is 1.83. The van der Waals surface area contributed by atoms with Gasteiger partial charge in [0.05, 0.1) is 0 Å². The molecular formula is C6H10BrClO. The van der Waals surface area contributed by atoms with E-state index in [-0.39, 0.29) is 5.78 Å². The summed E-state index contributed by atoms with van der Waals surface area (Å²) in [4.78, 5) is 10.7. The first-order valence-electron chi connectivity index (χ1n) is 2.86. The predicted octanol–water partition coefficient (Wildman–Crippen LogP) is 2.36. The summed E-state index contributed by atoms with van der Waals surface area (Å²) in [7, 11) is 0. The van der Waals surface area contributed by atoms with Crippen molar-refractivity contribution < 1.29 is 4.79 Å². The lowest BCUT2D eigenvalue weighted by Crippen LogP contribution is -2.01. The second-order valence-electron chi connectivity index (χ2n) is 1.99. The van der Waals surface area contributed by atoms with Crippen LogP contribution in [0.25, 0.3) is 0 Å². The van der Waals surface area contributed by atoms with E-state index < -0.39 is 0 Å². The highest BCUT2D eigenvalue weighted by molar-refractivity contribution is 9.09. The summed E-state index contributed by atoms with van der Waals surface area (Å²) in [5.74, 6) is 0.803. The molecular weight excluding hydrogens is 203 g/mol. The average molecular weight is 214 g/mol. The number of Topliss-reactive ketones (excluding diaryl/α,β-unsaturated/α-hetero) is 1. The Kier molecular flexibility index (Phi) is 5.50. The Balaban J connectivity index is 3.16. The summed E-state index contributed by atoms with van der Waals surface area (Å²) in [6.07, 6.45) is 1.47. The van der Waals surface area contributed by atoms with Crippen LogP contribution < -0.4 is 0 Å². The Morgan fingerprint density at radius 3 is 2.67 bits per heavy atom. The van der Waals surface area contributed by atoms with Crippen molar-refractivity contribution in [3.63, 3.8) is 0 Å². The van der Waals surface area contributed by atoms with Gasteiger partial charge in [0, 0.05) is 17.1 Å². The molecule has 0 aliphatic heterocycles. The van der Waals surface area contributed by atoms with Gasteiger partial charge < -0.3 is 4.79 Å². The molecule has 0 spiro atoms. The molecule has 0 aromatic carbocycles. The smallest absolute Gasteiger partial charge is 0.129 e. The molecule has 0 rings (SSSR count). The summed E-state index contributed by atoms with van der Waals surface area (Å²) in [6, 6.07) is 0. The molecule has 0 aromatic rings. The molecule has 0 N–H and O–H groups in total. The van der Waals surface area contributed by atoms with Crippen LogP contribution in [0.15, 0.2) is 0 Å². The third-order valence-corrected chi connectivity index (χ3v) is 2.50. The summed E-state index contributed by atoms with van der Waals surface area (Å²) >= 11 is 8.80. The van der Waals surface area contributed by atoms with Crippen LogP contribution in [0.4, 0.5) is 0 Å². The lowest BCUT2D eigenvalue weighted by Gasteiger charge is -2.00. The highest BCUT2D eigenvalue weighted by Gasteiger charge is 2.02. The van der Waals surface area contributed by atoms with Crippen molar-refractivity contribution in [1.82, 2.24) is 0 Å². The lowest BCUT2D eigenvalue weighted by molar-refractivity contribution is -0.117. The summed E-state index contributed by atoms with van der Waals surface area (Å²) in [6.45, 7) is 1.59. The van der Waals surface area contributed by atoms with Crippen LogP contribution >= 0.6 is 27.5 Å². The van der Waals surface area contributed by atoms with Crippen LogP contribution in [0.5, 0.6) is 0 Å². The minimum Gasteiger partial charge on any atom is -0.300 e. The predicted molar refractivity (Wildman–Crippen MR) is 43.4 cm³/mol. The van der Waals surface area contributed by atoms with Crippen molar-refractivity contribution in [3.05, 3.63) is 0 Å². The number of alkyl halides is 2. The Hall–Kier alpha value is 0.440. The number of hydrogen-bond donors (Lipinski definition) is 0. The SMILES string of the molecule is CC(=O)CCC(Br)CCl. The largest absolute Gasteiger partial charge is 0.300 e. The number of carbonyl (C=O) groups is 1. The standard InChI is InChI=1S/C6H10BrClO/c1-5(9)2-3-6(7)4-8/h6H,2-4H2,1H3. The zero-order valence-corrected chi connectivity index (χ0v) is 7.70. The molecule has 1 atom stereocenters. The van der Waals surface area contributed by atoms with Gasteiger partial charge in [-0.05, 0) is 13.3 Å². The maximum absolute atomic E-state index is 10.4. The Morgan fingerprint density at radius 1 is 1.78 bits per heavy atom. The highest BCUT2D eigenvalue weighted by Crippen LogP contribution is 2.09. The molecule has 0 amide bonds. The third-order valence-electron chi connectivity index (χ3n) is 0.977. The number of carbonyl (C=O) groups excluding carboxylic acids is 1. The first kappa shape index (κ1) is 9.44. The van der Waals surface area contributed by atoms with Gasteiger partial charge in [-0.25, -0.2) is 0 Å². The van der Waals surface area contributed by atoms with E-state index in [1.807, 2.05) is 0 Å². The molecule has 1 nitrogen and oxygen atoms in total. The molecule has 3 heteroatoms. The molecule has 0 aromatic heterocycles. The van der Waals surface area contributed by atoms with Crippen molar-refractivity contribution >= 4 is 33.3 Å². The number of hydrogen-bond acceptors (Lipinski definition) is 1. The molecule has 54 valence electrons. The van der Waals surface area contributed by atoms with E-state index in [4.69, 9.17) is 11.6 Å². The van der Waals surface area contributed by atoms with Gasteiger partial charge in [-0.2, -0.15) is 0 Å².